The normalized spacial score (nSPS) is 15.5. The number of rotatable bonds is 7. The molecule has 7 heteroatoms. The minimum atomic E-state index is -0.210. The fourth-order valence-electron chi connectivity index (χ4n) is 4.59. The van der Waals surface area contributed by atoms with Gasteiger partial charge >= 0.3 is 0 Å². The number of halogens is 1. The minimum absolute atomic E-state index is 0.0403. The molecule has 1 N–H and O–H groups in total. The summed E-state index contributed by atoms with van der Waals surface area (Å²) in [6.45, 7) is 1.20. The van der Waals surface area contributed by atoms with Crippen LogP contribution in [-0.4, -0.2) is 22.7 Å². The van der Waals surface area contributed by atoms with Crippen molar-refractivity contribution in [1.29, 1.82) is 0 Å². The Morgan fingerprint density at radius 2 is 2.12 bits per heavy atom. The lowest BCUT2D eigenvalue weighted by atomic mass is 9.93. The molecular formula is C26H26FN3O2S. The Kier molecular flexibility index (Phi) is 6.24. The van der Waals surface area contributed by atoms with Crippen molar-refractivity contribution in [1.82, 2.24) is 14.9 Å². The summed E-state index contributed by atoms with van der Waals surface area (Å²) < 4.78 is 20.6. The first kappa shape index (κ1) is 21.8. The first-order chi connectivity index (χ1) is 16.1. The van der Waals surface area contributed by atoms with Crippen molar-refractivity contribution in [3.63, 3.8) is 0 Å². The second kappa shape index (κ2) is 9.45. The number of para-hydroxylation sites is 1. The van der Waals surface area contributed by atoms with E-state index in [2.05, 4.69) is 10.3 Å². The van der Waals surface area contributed by atoms with Crippen molar-refractivity contribution in [2.45, 2.75) is 44.8 Å². The number of benzene rings is 2. The van der Waals surface area contributed by atoms with Crippen LogP contribution in [0.1, 0.15) is 28.0 Å². The van der Waals surface area contributed by atoms with E-state index in [1.54, 1.807) is 41.5 Å². The number of hydrogen-bond acceptors (Lipinski definition) is 5. The van der Waals surface area contributed by atoms with Gasteiger partial charge in [0, 0.05) is 24.0 Å². The zero-order valence-corrected chi connectivity index (χ0v) is 19.3. The van der Waals surface area contributed by atoms with Crippen LogP contribution >= 0.6 is 11.3 Å². The molecule has 2 aromatic heterocycles. The minimum Gasteiger partial charge on any atom is -0.496 e. The van der Waals surface area contributed by atoms with Crippen LogP contribution in [0.5, 0.6) is 5.75 Å². The van der Waals surface area contributed by atoms with Crippen LogP contribution in [0.25, 0.3) is 10.2 Å². The summed E-state index contributed by atoms with van der Waals surface area (Å²) in [4.78, 5) is 20.0. The number of hydrogen-bond donors (Lipinski definition) is 1. The number of nitrogens with one attached hydrogen (secondary N) is 1. The van der Waals surface area contributed by atoms with Crippen LogP contribution in [-0.2, 0) is 32.4 Å². The SMILES string of the molecule is COc1ccccc1CCn1cnc2sc3c(c2c1=O)CCC(NCc1cccc(F)c1)C3. The molecule has 1 aliphatic rings. The molecule has 2 heterocycles. The lowest BCUT2D eigenvalue weighted by Crippen LogP contribution is -2.33. The van der Waals surface area contributed by atoms with E-state index in [4.69, 9.17) is 4.74 Å². The number of aromatic nitrogens is 2. The highest BCUT2D eigenvalue weighted by molar-refractivity contribution is 7.18. The molecular weight excluding hydrogens is 437 g/mol. The first-order valence-corrected chi connectivity index (χ1v) is 12.0. The standard InChI is InChI=1S/C26H26FN3O2S/c1-32-22-8-3-2-6-18(22)11-12-30-16-29-25-24(26(30)31)21-10-9-20(14-23(21)33-25)28-15-17-5-4-7-19(27)13-17/h2-8,13,16,20,28H,9-12,14-15H2,1H3. The van der Waals surface area contributed by atoms with Crippen molar-refractivity contribution >= 4 is 21.6 Å². The molecule has 1 unspecified atom stereocenters. The molecule has 1 atom stereocenters. The fraction of sp³-hybridized carbons (Fsp3) is 0.308. The van der Waals surface area contributed by atoms with Gasteiger partial charge in [0.2, 0.25) is 0 Å². The summed E-state index contributed by atoms with van der Waals surface area (Å²) in [6, 6.07) is 14.9. The van der Waals surface area contributed by atoms with Gasteiger partial charge in [-0.15, -0.1) is 11.3 Å². The molecule has 0 spiro atoms. The van der Waals surface area contributed by atoms with Crippen LogP contribution in [0.15, 0.2) is 59.7 Å². The molecule has 4 aromatic rings. The van der Waals surface area contributed by atoms with E-state index in [0.29, 0.717) is 25.6 Å². The molecule has 33 heavy (non-hydrogen) atoms. The van der Waals surface area contributed by atoms with E-state index in [1.165, 1.54) is 10.9 Å². The van der Waals surface area contributed by atoms with Crippen molar-refractivity contribution in [3.05, 3.63) is 92.6 Å². The molecule has 0 fully saturated rings. The van der Waals surface area contributed by atoms with Gasteiger partial charge < -0.3 is 10.1 Å². The van der Waals surface area contributed by atoms with E-state index in [-0.39, 0.29) is 11.4 Å². The third-order valence-electron chi connectivity index (χ3n) is 6.33. The Labute approximate surface area is 195 Å². The number of methoxy groups -OCH3 is 1. The van der Waals surface area contributed by atoms with E-state index in [9.17, 15) is 9.18 Å². The number of nitrogens with zero attached hydrogens (tertiary/aromatic N) is 2. The van der Waals surface area contributed by atoms with Gasteiger partial charge in [-0.05, 0) is 60.6 Å². The summed E-state index contributed by atoms with van der Waals surface area (Å²) in [6.07, 6.45) is 5.04. The van der Waals surface area contributed by atoms with Gasteiger partial charge in [-0.1, -0.05) is 30.3 Å². The van der Waals surface area contributed by atoms with Gasteiger partial charge in [-0.2, -0.15) is 0 Å². The predicted octanol–water partition coefficient (Wildman–Crippen LogP) is 4.50. The summed E-state index contributed by atoms with van der Waals surface area (Å²) in [5, 5.41) is 4.33. The Hall–Kier alpha value is -3.03. The Morgan fingerprint density at radius 1 is 1.24 bits per heavy atom. The van der Waals surface area contributed by atoms with Gasteiger partial charge in [-0.25, -0.2) is 9.37 Å². The molecule has 0 bridgehead atoms. The zero-order valence-electron chi connectivity index (χ0n) is 18.5. The summed E-state index contributed by atoms with van der Waals surface area (Å²) >= 11 is 1.63. The van der Waals surface area contributed by atoms with Crippen molar-refractivity contribution in [2.75, 3.05) is 7.11 Å². The van der Waals surface area contributed by atoms with Gasteiger partial charge in [0.15, 0.2) is 0 Å². The molecule has 0 saturated heterocycles. The molecule has 0 amide bonds. The molecule has 5 rings (SSSR count). The maximum Gasteiger partial charge on any atom is 0.262 e. The molecule has 170 valence electrons. The van der Waals surface area contributed by atoms with Crippen LogP contribution in [0, 0.1) is 5.82 Å². The number of thiophene rings is 1. The smallest absolute Gasteiger partial charge is 0.262 e. The Balaban J connectivity index is 1.32. The fourth-order valence-corrected chi connectivity index (χ4v) is 5.85. The highest BCUT2D eigenvalue weighted by atomic mass is 32.1. The van der Waals surface area contributed by atoms with E-state index >= 15 is 0 Å². The summed E-state index contributed by atoms with van der Waals surface area (Å²) in [5.41, 5.74) is 3.21. The van der Waals surface area contributed by atoms with Crippen molar-refractivity contribution < 1.29 is 9.13 Å². The van der Waals surface area contributed by atoms with Crippen LogP contribution in [0.4, 0.5) is 4.39 Å². The third-order valence-corrected chi connectivity index (χ3v) is 7.50. The highest BCUT2D eigenvalue weighted by Crippen LogP contribution is 2.33. The Morgan fingerprint density at radius 3 is 2.97 bits per heavy atom. The monoisotopic (exact) mass is 463 g/mol. The van der Waals surface area contributed by atoms with Gasteiger partial charge in [-0.3, -0.25) is 9.36 Å². The summed E-state index contributed by atoms with van der Waals surface area (Å²) in [5.74, 6) is 0.627. The lowest BCUT2D eigenvalue weighted by Gasteiger charge is -2.23. The van der Waals surface area contributed by atoms with Crippen LogP contribution in [0.3, 0.4) is 0 Å². The molecule has 2 aromatic carbocycles. The first-order valence-electron chi connectivity index (χ1n) is 11.2. The lowest BCUT2D eigenvalue weighted by molar-refractivity contribution is 0.408. The largest absolute Gasteiger partial charge is 0.496 e. The second-order valence-electron chi connectivity index (χ2n) is 8.44. The maximum atomic E-state index is 13.4. The zero-order chi connectivity index (χ0) is 22.8. The number of fused-ring (bicyclic) bond motifs is 3. The average Bonchev–Trinajstić information content (AvgIpc) is 3.21. The van der Waals surface area contributed by atoms with Gasteiger partial charge in [0.1, 0.15) is 16.4 Å². The van der Waals surface area contributed by atoms with E-state index < -0.39 is 0 Å². The average molecular weight is 464 g/mol. The van der Waals surface area contributed by atoms with Crippen molar-refractivity contribution in [3.8, 4) is 5.75 Å². The van der Waals surface area contributed by atoms with E-state index in [0.717, 1.165) is 51.9 Å². The molecule has 5 nitrogen and oxygen atoms in total. The summed E-state index contributed by atoms with van der Waals surface area (Å²) in [7, 11) is 1.66. The molecule has 1 aliphatic carbocycles. The number of aryl methyl sites for hydroxylation is 3. The maximum absolute atomic E-state index is 13.4. The topological polar surface area (TPSA) is 56.2 Å². The van der Waals surface area contributed by atoms with Gasteiger partial charge in [0.05, 0.1) is 18.8 Å². The predicted molar refractivity (Wildman–Crippen MR) is 130 cm³/mol. The highest BCUT2D eigenvalue weighted by Gasteiger charge is 2.25. The van der Waals surface area contributed by atoms with Crippen molar-refractivity contribution in [2.24, 2.45) is 0 Å². The molecule has 0 radical (unpaired) electrons. The van der Waals surface area contributed by atoms with Crippen LogP contribution < -0.4 is 15.6 Å². The van der Waals surface area contributed by atoms with E-state index in [1.807, 2.05) is 30.3 Å². The van der Waals surface area contributed by atoms with Crippen LogP contribution in [0.2, 0.25) is 0 Å². The second-order valence-corrected chi connectivity index (χ2v) is 9.52. The quantitative estimate of drug-likeness (QED) is 0.439. The third kappa shape index (κ3) is 4.56. The Bertz CT molecular complexity index is 1350. The number of ether oxygens (including phenoxy) is 1. The molecule has 0 saturated carbocycles. The molecule has 0 aliphatic heterocycles. The van der Waals surface area contributed by atoms with Gasteiger partial charge in [0.25, 0.3) is 5.56 Å².